The van der Waals surface area contributed by atoms with Gasteiger partial charge in [0.15, 0.2) is 0 Å². The summed E-state index contributed by atoms with van der Waals surface area (Å²) in [5, 5.41) is 4.80. The van der Waals surface area contributed by atoms with Crippen molar-refractivity contribution in [3.05, 3.63) is 31.6 Å². The summed E-state index contributed by atoms with van der Waals surface area (Å²) in [5.41, 5.74) is 0. The molecule has 0 aromatic carbocycles. The van der Waals surface area contributed by atoms with Crippen LogP contribution in [0, 0.1) is 5.92 Å². The third-order valence-corrected chi connectivity index (χ3v) is 3.46. The highest BCUT2D eigenvalue weighted by Crippen LogP contribution is 2.15. The maximum Gasteiger partial charge on any atom is 0.346 e. The largest absolute Gasteiger partial charge is 0.346 e. The molecule has 0 radical (unpaired) electrons. The van der Waals surface area contributed by atoms with Crippen molar-refractivity contribution in [3.63, 3.8) is 0 Å². The van der Waals surface area contributed by atoms with Crippen LogP contribution in [0.2, 0.25) is 0 Å². The third kappa shape index (κ3) is 4.90. The lowest BCUT2D eigenvalue weighted by Gasteiger charge is -2.17. The minimum absolute atomic E-state index is 0.219. The number of carbonyl (C=O) groups excluding carboxylic acids is 1. The fourth-order valence-corrected chi connectivity index (χ4v) is 2.08. The molecule has 0 N–H and O–H groups in total. The van der Waals surface area contributed by atoms with E-state index in [-0.39, 0.29) is 6.03 Å². The molecule has 1 rings (SSSR count). The Balaban J connectivity index is 2.70. The van der Waals surface area contributed by atoms with Gasteiger partial charge in [0.05, 0.1) is 0 Å². The molecular weight excluding hydrogens is 260 g/mol. The van der Waals surface area contributed by atoms with Crippen molar-refractivity contribution in [3.8, 4) is 0 Å². The first kappa shape index (κ1) is 15.5. The van der Waals surface area contributed by atoms with Crippen LogP contribution >= 0.6 is 11.8 Å². The van der Waals surface area contributed by atoms with Gasteiger partial charge in [0, 0.05) is 18.8 Å². The summed E-state index contributed by atoms with van der Waals surface area (Å²) in [4.78, 5) is 17.9. The first-order valence-corrected chi connectivity index (χ1v) is 7.12. The van der Waals surface area contributed by atoms with Crippen molar-refractivity contribution < 1.29 is 4.79 Å². The van der Waals surface area contributed by atoms with E-state index in [4.69, 9.17) is 0 Å². The molecule has 6 heteroatoms. The molecule has 1 amide bonds. The smallest absolute Gasteiger partial charge is 0.315 e. The van der Waals surface area contributed by atoms with Crippen LogP contribution in [0.1, 0.15) is 13.8 Å². The molecule has 19 heavy (non-hydrogen) atoms. The topological polar surface area (TPSA) is 51.0 Å². The zero-order chi connectivity index (χ0) is 14.3. The summed E-state index contributed by atoms with van der Waals surface area (Å²) in [5.74, 6) is 1.49. The van der Waals surface area contributed by atoms with E-state index in [2.05, 4.69) is 37.1 Å². The maximum absolute atomic E-state index is 12.2. The molecule has 104 valence electrons. The summed E-state index contributed by atoms with van der Waals surface area (Å²) >= 11 is 1.55. The van der Waals surface area contributed by atoms with E-state index in [0.29, 0.717) is 24.2 Å². The van der Waals surface area contributed by atoms with Crippen LogP contribution in [0.4, 0.5) is 4.79 Å². The number of rotatable bonds is 7. The summed E-state index contributed by atoms with van der Waals surface area (Å²) in [6, 6.07) is -0.219. The molecule has 0 aliphatic heterocycles. The Bertz CT molecular complexity index is 432. The van der Waals surface area contributed by atoms with Gasteiger partial charge < -0.3 is 4.90 Å². The molecule has 0 atom stereocenters. The molecule has 5 nitrogen and oxygen atoms in total. The molecule has 0 spiro atoms. The minimum Gasteiger partial charge on any atom is -0.315 e. The Morgan fingerprint density at radius 1 is 1.47 bits per heavy atom. The second kappa shape index (κ2) is 7.78. The summed E-state index contributed by atoms with van der Waals surface area (Å²) in [6.07, 6.45) is 4.80. The minimum atomic E-state index is -0.219. The van der Waals surface area contributed by atoms with Crippen LogP contribution in [0.25, 0.3) is 0 Å². The van der Waals surface area contributed by atoms with E-state index in [1.807, 2.05) is 0 Å². The predicted molar refractivity (Wildman–Crippen MR) is 78.3 cm³/mol. The number of hydrogen-bond donors (Lipinski definition) is 0. The lowest BCUT2D eigenvalue weighted by Crippen LogP contribution is -2.35. The molecule has 0 aliphatic carbocycles. The maximum atomic E-state index is 12.2. The third-order valence-electron chi connectivity index (χ3n) is 2.18. The Morgan fingerprint density at radius 3 is 2.63 bits per heavy atom. The predicted octanol–water partition coefficient (Wildman–Crippen LogP) is 2.67. The highest BCUT2D eigenvalue weighted by atomic mass is 32.2. The van der Waals surface area contributed by atoms with Crippen LogP contribution in [-0.4, -0.2) is 44.5 Å². The highest BCUT2D eigenvalue weighted by molar-refractivity contribution is 7.99. The van der Waals surface area contributed by atoms with Gasteiger partial charge in [-0.2, -0.15) is 4.68 Å². The van der Waals surface area contributed by atoms with Crippen molar-refractivity contribution >= 4 is 17.8 Å². The fourth-order valence-electron chi connectivity index (χ4n) is 1.33. The molecule has 0 saturated heterocycles. The van der Waals surface area contributed by atoms with Crippen molar-refractivity contribution in [2.24, 2.45) is 5.92 Å². The quantitative estimate of drug-likeness (QED) is 0.569. The normalized spacial score (nSPS) is 10.5. The first-order chi connectivity index (χ1) is 9.08. The zero-order valence-corrected chi connectivity index (χ0v) is 12.3. The van der Waals surface area contributed by atoms with Crippen molar-refractivity contribution in [2.45, 2.75) is 19.0 Å². The zero-order valence-electron chi connectivity index (χ0n) is 11.5. The molecule has 0 unspecified atom stereocenters. The molecule has 0 fully saturated rings. The summed E-state index contributed by atoms with van der Waals surface area (Å²) in [7, 11) is 0. The standard InChI is InChI=1S/C13H20N4OS/c1-5-7-16(8-6-2)13(18)17-10-14-12(15-17)19-9-11(3)4/h5-6,10-11H,1-2,7-9H2,3-4H3. The number of nitrogens with zero attached hydrogens (tertiary/aromatic N) is 4. The van der Waals surface area contributed by atoms with Gasteiger partial charge in [0.2, 0.25) is 5.16 Å². The Labute approximate surface area is 118 Å². The van der Waals surface area contributed by atoms with Gasteiger partial charge >= 0.3 is 6.03 Å². The van der Waals surface area contributed by atoms with Gasteiger partial charge in [-0.25, -0.2) is 9.78 Å². The molecule has 0 aliphatic rings. The highest BCUT2D eigenvalue weighted by Gasteiger charge is 2.15. The average molecular weight is 280 g/mol. The van der Waals surface area contributed by atoms with Gasteiger partial charge in [-0.05, 0) is 5.92 Å². The second-order valence-electron chi connectivity index (χ2n) is 4.44. The van der Waals surface area contributed by atoms with Gasteiger partial charge in [-0.15, -0.1) is 18.3 Å². The number of hydrogen-bond acceptors (Lipinski definition) is 4. The van der Waals surface area contributed by atoms with E-state index in [1.165, 1.54) is 11.0 Å². The Hall–Kier alpha value is -1.56. The van der Waals surface area contributed by atoms with E-state index < -0.39 is 0 Å². The van der Waals surface area contributed by atoms with E-state index in [9.17, 15) is 4.79 Å². The van der Waals surface area contributed by atoms with Crippen LogP contribution in [0.5, 0.6) is 0 Å². The molecule has 0 bridgehead atoms. The number of amides is 1. The number of aromatic nitrogens is 3. The monoisotopic (exact) mass is 280 g/mol. The SMILES string of the molecule is C=CCN(CC=C)C(=O)n1cnc(SCC(C)C)n1. The first-order valence-electron chi connectivity index (χ1n) is 6.14. The molecule has 0 saturated carbocycles. The van der Waals surface area contributed by atoms with Gasteiger partial charge in [0.1, 0.15) is 6.33 Å². The van der Waals surface area contributed by atoms with Crippen molar-refractivity contribution in [2.75, 3.05) is 18.8 Å². The average Bonchev–Trinajstić information content (AvgIpc) is 2.84. The van der Waals surface area contributed by atoms with E-state index in [1.54, 1.807) is 28.8 Å². The second-order valence-corrected chi connectivity index (χ2v) is 5.43. The van der Waals surface area contributed by atoms with Crippen molar-refractivity contribution in [1.82, 2.24) is 19.7 Å². The Morgan fingerprint density at radius 2 is 2.11 bits per heavy atom. The molecule has 1 aromatic rings. The van der Waals surface area contributed by atoms with Gasteiger partial charge in [-0.3, -0.25) is 0 Å². The number of thioether (sulfide) groups is 1. The number of carbonyl (C=O) groups is 1. The van der Waals surface area contributed by atoms with Gasteiger partial charge in [0.25, 0.3) is 0 Å². The lowest BCUT2D eigenvalue weighted by molar-refractivity contribution is 0.206. The van der Waals surface area contributed by atoms with Gasteiger partial charge in [-0.1, -0.05) is 37.8 Å². The van der Waals surface area contributed by atoms with Crippen molar-refractivity contribution in [1.29, 1.82) is 0 Å². The summed E-state index contributed by atoms with van der Waals surface area (Å²) < 4.78 is 1.26. The molecular formula is C13H20N4OS. The van der Waals surface area contributed by atoms with E-state index in [0.717, 1.165) is 5.75 Å². The molecule has 1 aromatic heterocycles. The van der Waals surface area contributed by atoms with Crippen LogP contribution in [0.15, 0.2) is 36.8 Å². The van der Waals surface area contributed by atoms with Crippen LogP contribution in [0.3, 0.4) is 0 Å². The lowest BCUT2D eigenvalue weighted by atomic mass is 10.3. The Kier molecular flexibility index (Phi) is 6.35. The van der Waals surface area contributed by atoms with Crippen LogP contribution in [-0.2, 0) is 0 Å². The molecule has 1 heterocycles. The summed E-state index contributed by atoms with van der Waals surface area (Å²) in [6.45, 7) is 12.4. The van der Waals surface area contributed by atoms with E-state index >= 15 is 0 Å². The fraction of sp³-hybridized carbons (Fsp3) is 0.462. The van der Waals surface area contributed by atoms with Crippen LogP contribution < -0.4 is 0 Å².